The Morgan fingerprint density at radius 2 is 2.21 bits per heavy atom. The summed E-state index contributed by atoms with van der Waals surface area (Å²) in [6.45, 7) is 0.588. The molecule has 5 nitrogen and oxygen atoms in total. The molecule has 0 fully saturated rings. The smallest absolute Gasteiger partial charge is 0.224 e. The van der Waals surface area contributed by atoms with Crippen LogP contribution < -0.4 is 11.1 Å². The fraction of sp³-hybridized carbons (Fsp3) is 0.308. The molecule has 3 N–H and O–H groups in total. The standard InChI is InChI=1S/C13H14N4OS/c14-6-5-12-16-17-13(19-12)9-1-3-10-8(7-9)2-4-11(18)15-10/h1,3,7H,2,4-6,14H2,(H,15,18). The van der Waals surface area contributed by atoms with E-state index < -0.39 is 0 Å². The topological polar surface area (TPSA) is 80.9 Å². The molecule has 0 bridgehead atoms. The van der Waals surface area contributed by atoms with Crippen molar-refractivity contribution in [2.24, 2.45) is 5.73 Å². The molecular weight excluding hydrogens is 260 g/mol. The lowest BCUT2D eigenvalue weighted by Crippen LogP contribution is -2.18. The molecule has 0 atom stereocenters. The summed E-state index contributed by atoms with van der Waals surface area (Å²) in [5.41, 5.74) is 8.63. The molecule has 0 unspecified atom stereocenters. The van der Waals surface area contributed by atoms with Gasteiger partial charge in [-0.05, 0) is 36.7 Å². The van der Waals surface area contributed by atoms with Gasteiger partial charge in [0.2, 0.25) is 5.91 Å². The van der Waals surface area contributed by atoms with Crippen molar-refractivity contribution in [1.29, 1.82) is 0 Å². The van der Waals surface area contributed by atoms with E-state index in [1.165, 1.54) is 0 Å². The van der Waals surface area contributed by atoms with Crippen molar-refractivity contribution < 1.29 is 4.79 Å². The quantitative estimate of drug-likeness (QED) is 0.890. The van der Waals surface area contributed by atoms with Crippen LogP contribution in [0.3, 0.4) is 0 Å². The third-order valence-electron chi connectivity index (χ3n) is 3.07. The summed E-state index contributed by atoms with van der Waals surface area (Å²) >= 11 is 1.57. The summed E-state index contributed by atoms with van der Waals surface area (Å²) in [4.78, 5) is 11.3. The first kappa shape index (κ1) is 12.3. The van der Waals surface area contributed by atoms with E-state index in [1.807, 2.05) is 12.1 Å². The van der Waals surface area contributed by atoms with Crippen molar-refractivity contribution in [2.75, 3.05) is 11.9 Å². The van der Waals surface area contributed by atoms with E-state index in [0.717, 1.165) is 39.7 Å². The third kappa shape index (κ3) is 2.50. The lowest BCUT2D eigenvalue weighted by Gasteiger charge is -2.16. The second-order valence-electron chi connectivity index (χ2n) is 4.46. The number of aryl methyl sites for hydroxylation is 1. The van der Waals surface area contributed by atoms with Gasteiger partial charge >= 0.3 is 0 Å². The Morgan fingerprint density at radius 1 is 1.32 bits per heavy atom. The van der Waals surface area contributed by atoms with Gasteiger partial charge in [0.25, 0.3) is 0 Å². The molecule has 0 aliphatic carbocycles. The minimum absolute atomic E-state index is 0.0846. The summed E-state index contributed by atoms with van der Waals surface area (Å²) in [5, 5.41) is 13.1. The zero-order chi connectivity index (χ0) is 13.2. The molecular formula is C13H14N4OS. The molecule has 2 aromatic rings. The van der Waals surface area contributed by atoms with Crippen LogP contribution in [0.15, 0.2) is 18.2 Å². The summed E-state index contributed by atoms with van der Waals surface area (Å²) in [6.07, 6.45) is 2.09. The van der Waals surface area contributed by atoms with E-state index in [4.69, 9.17) is 5.73 Å². The van der Waals surface area contributed by atoms with Gasteiger partial charge in [-0.25, -0.2) is 0 Å². The van der Waals surface area contributed by atoms with Crippen LogP contribution in [-0.2, 0) is 17.6 Å². The molecule has 2 heterocycles. The molecule has 19 heavy (non-hydrogen) atoms. The largest absolute Gasteiger partial charge is 0.330 e. The van der Waals surface area contributed by atoms with E-state index in [2.05, 4.69) is 21.6 Å². The Morgan fingerprint density at radius 3 is 3.05 bits per heavy atom. The van der Waals surface area contributed by atoms with Gasteiger partial charge in [0, 0.05) is 24.1 Å². The van der Waals surface area contributed by atoms with Crippen LogP contribution in [0.5, 0.6) is 0 Å². The fourth-order valence-corrected chi connectivity index (χ4v) is 2.96. The van der Waals surface area contributed by atoms with Crippen molar-refractivity contribution in [2.45, 2.75) is 19.3 Å². The number of carbonyl (C=O) groups is 1. The zero-order valence-corrected chi connectivity index (χ0v) is 11.2. The molecule has 98 valence electrons. The molecule has 1 aromatic heterocycles. The average Bonchev–Trinajstić information content (AvgIpc) is 2.87. The summed E-state index contributed by atoms with van der Waals surface area (Å²) in [7, 11) is 0. The lowest BCUT2D eigenvalue weighted by molar-refractivity contribution is -0.116. The van der Waals surface area contributed by atoms with Gasteiger partial charge in [0.05, 0.1) is 0 Å². The maximum absolute atomic E-state index is 11.3. The lowest BCUT2D eigenvalue weighted by atomic mass is 10.0. The normalized spacial score (nSPS) is 14.1. The third-order valence-corrected chi connectivity index (χ3v) is 4.10. The number of amides is 1. The number of hydrogen-bond donors (Lipinski definition) is 2. The van der Waals surface area contributed by atoms with Crippen LogP contribution >= 0.6 is 11.3 Å². The molecule has 1 aromatic carbocycles. The van der Waals surface area contributed by atoms with E-state index in [1.54, 1.807) is 11.3 Å². The Kier molecular flexibility index (Phi) is 3.27. The number of nitrogens with one attached hydrogen (secondary N) is 1. The average molecular weight is 274 g/mol. The van der Waals surface area contributed by atoms with Gasteiger partial charge in [-0.1, -0.05) is 11.3 Å². The molecule has 0 saturated carbocycles. The van der Waals surface area contributed by atoms with Crippen molar-refractivity contribution in [3.05, 3.63) is 28.8 Å². The predicted molar refractivity (Wildman–Crippen MR) is 75.1 cm³/mol. The van der Waals surface area contributed by atoms with Gasteiger partial charge < -0.3 is 11.1 Å². The van der Waals surface area contributed by atoms with Crippen LogP contribution in [0.1, 0.15) is 17.0 Å². The van der Waals surface area contributed by atoms with Crippen molar-refractivity contribution in [3.63, 3.8) is 0 Å². The number of rotatable bonds is 3. The van der Waals surface area contributed by atoms with Crippen LogP contribution in [0.25, 0.3) is 10.6 Å². The first-order valence-corrected chi connectivity index (χ1v) is 7.03. The number of fused-ring (bicyclic) bond motifs is 1. The Bertz CT molecular complexity index is 623. The highest BCUT2D eigenvalue weighted by atomic mass is 32.1. The highest BCUT2D eigenvalue weighted by Gasteiger charge is 2.16. The fourth-order valence-electron chi connectivity index (χ4n) is 2.11. The number of nitrogens with two attached hydrogens (primary N) is 1. The van der Waals surface area contributed by atoms with E-state index in [-0.39, 0.29) is 5.91 Å². The molecule has 0 saturated heterocycles. The number of benzene rings is 1. The van der Waals surface area contributed by atoms with Crippen LogP contribution in [-0.4, -0.2) is 22.6 Å². The predicted octanol–water partition coefficient (Wildman–Crippen LogP) is 1.59. The Balaban J connectivity index is 1.90. The van der Waals surface area contributed by atoms with Crippen LogP contribution in [0, 0.1) is 0 Å². The van der Waals surface area contributed by atoms with Gasteiger partial charge in [-0.15, -0.1) is 10.2 Å². The number of nitrogens with zero attached hydrogens (tertiary/aromatic N) is 2. The van der Waals surface area contributed by atoms with E-state index in [0.29, 0.717) is 13.0 Å². The highest BCUT2D eigenvalue weighted by Crippen LogP contribution is 2.30. The van der Waals surface area contributed by atoms with Crippen LogP contribution in [0.4, 0.5) is 5.69 Å². The number of aromatic nitrogens is 2. The Labute approximate surface area is 114 Å². The van der Waals surface area contributed by atoms with E-state index >= 15 is 0 Å². The first-order chi connectivity index (χ1) is 9.26. The molecule has 1 amide bonds. The van der Waals surface area contributed by atoms with Gasteiger partial charge in [-0.3, -0.25) is 4.79 Å². The number of carbonyl (C=O) groups excluding carboxylic acids is 1. The first-order valence-electron chi connectivity index (χ1n) is 6.22. The highest BCUT2D eigenvalue weighted by molar-refractivity contribution is 7.14. The number of hydrogen-bond acceptors (Lipinski definition) is 5. The second-order valence-corrected chi connectivity index (χ2v) is 5.52. The minimum Gasteiger partial charge on any atom is -0.330 e. The SMILES string of the molecule is NCCc1nnc(-c2ccc3c(c2)CCC(=O)N3)s1. The van der Waals surface area contributed by atoms with Crippen molar-refractivity contribution in [3.8, 4) is 10.6 Å². The van der Waals surface area contributed by atoms with Crippen molar-refractivity contribution in [1.82, 2.24) is 10.2 Å². The minimum atomic E-state index is 0.0846. The maximum Gasteiger partial charge on any atom is 0.224 e. The number of anilines is 1. The molecule has 0 radical (unpaired) electrons. The maximum atomic E-state index is 11.3. The summed E-state index contributed by atoms with van der Waals surface area (Å²) in [5.74, 6) is 0.0846. The molecule has 1 aliphatic rings. The van der Waals surface area contributed by atoms with Gasteiger partial charge in [0.1, 0.15) is 10.0 Å². The van der Waals surface area contributed by atoms with Crippen molar-refractivity contribution >= 4 is 22.9 Å². The zero-order valence-electron chi connectivity index (χ0n) is 10.3. The molecule has 1 aliphatic heterocycles. The molecule has 3 rings (SSSR count). The van der Waals surface area contributed by atoms with Gasteiger partial charge in [0.15, 0.2) is 0 Å². The monoisotopic (exact) mass is 274 g/mol. The van der Waals surface area contributed by atoms with Gasteiger partial charge in [-0.2, -0.15) is 0 Å². The van der Waals surface area contributed by atoms with E-state index in [9.17, 15) is 4.79 Å². The molecule has 0 spiro atoms. The second kappa shape index (κ2) is 5.07. The summed E-state index contributed by atoms with van der Waals surface area (Å²) in [6, 6.07) is 5.99. The summed E-state index contributed by atoms with van der Waals surface area (Å²) < 4.78 is 0. The molecule has 6 heteroatoms. The Hall–Kier alpha value is -1.79. The van der Waals surface area contributed by atoms with Crippen LogP contribution in [0.2, 0.25) is 0 Å².